The minimum atomic E-state index is -0.430. The summed E-state index contributed by atoms with van der Waals surface area (Å²) in [5, 5.41) is 12.6. The molecule has 35 heavy (non-hydrogen) atoms. The second-order valence-corrected chi connectivity index (χ2v) is 10.7. The Kier molecular flexibility index (Phi) is 11.2. The minimum absolute atomic E-state index is 0.0766. The summed E-state index contributed by atoms with van der Waals surface area (Å²) in [7, 11) is 0. The van der Waals surface area contributed by atoms with Crippen molar-refractivity contribution in [2.75, 3.05) is 0 Å². The number of carbonyl (C=O) groups is 1. The van der Waals surface area contributed by atoms with Gasteiger partial charge in [0, 0.05) is 16.5 Å². The molecule has 1 aromatic carbocycles. The van der Waals surface area contributed by atoms with Gasteiger partial charge in [0.1, 0.15) is 6.04 Å². The van der Waals surface area contributed by atoms with Crippen molar-refractivity contribution in [2.45, 2.75) is 72.4 Å². The van der Waals surface area contributed by atoms with E-state index in [1.54, 1.807) is 12.1 Å². The van der Waals surface area contributed by atoms with E-state index in [0.29, 0.717) is 41.1 Å². The van der Waals surface area contributed by atoms with E-state index in [2.05, 4.69) is 36.3 Å². The number of allylic oxidation sites excluding steroid dienone is 5. The number of nitrogens with one attached hydrogen (secondary N) is 1. The third-order valence-electron chi connectivity index (χ3n) is 5.20. The van der Waals surface area contributed by atoms with Crippen LogP contribution in [-0.4, -0.2) is 16.1 Å². The van der Waals surface area contributed by atoms with Crippen LogP contribution in [0.2, 0.25) is 10.0 Å². The predicted octanol–water partition coefficient (Wildman–Crippen LogP) is 7.07. The van der Waals surface area contributed by atoms with Gasteiger partial charge in [-0.1, -0.05) is 86.0 Å². The molecule has 3 N–H and O–H groups in total. The molecule has 190 valence electrons. The van der Waals surface area contributed by atoms with E-state index in [9.17, 15) is 4.79 Å². The lowest BCUT2D eigenvalue weighted by Crippen LogP contribution is -2.31. The van der Waals surface area contributed by atoms with Crippen molar-refractivity contribution in [3.05, 3.63) is 81.5 Å². The van der Waals surface area contributed by atoms with E-state index < -0.39 is 12.1 Å². The topological polar surface area (TPSA) is 94.0 Å². The Morgan fingerprint density at radius 2 is 1.89 bits per heavy atom. The fourth-order valence-electron chi connectivity index (χ4n) is 3.49. The summed E-state index contributed by atoms with van der Waals surface area (Å²) in [6, 6.07) is 4.43. The SMILES string of the molecule is C\C=C/C=C\C=C(/C)C[C@@H](N)c1nnc(C(CC(C)(C)C)NC(=O)CCc2ccc(Cl)cc2Cl)o1. The Hall–Kier alpha value is -2.41. The molecular weight excluding hydrogens is 483 g/mol. The van der Waals surface area contributed by atoms with Crippen molar-refractivity contribution < 1.29 is 9.21 Å². The summed E-state index contributed by atoms with van der Waals surface area (Å²) in [6.45, 7) is 10.3. The average Bonchev–Trinajstić information content (AvgIpc) is 3.25. The van der Waals surface area contributed by atoms with E-state index in [-0.39, 0.29) is 17.7 Å². The highest BCUT2D eigenvalue weighted by molar-refractivity contribution is 6.35. The summed E-state index contributed by atoms with van der Waals surface area (Å²) < 4.78 is 5.94. The number of hydrogen-bond acceptors (Lipinski definition) is 5. The molecule has 0 spiro atoms. The van der Waals surface area contributed by atoms with Gasteiger partial charge in [0.2, 0.25) is 17.7 Å². The lowest BCUT2D eigenvalue weighted by Gasteiger charge is -2.24. The molecule has 1 amide bonds. The zero-order valence-electron chi connectivity index (χ0n) is 21.1. The lowest BCUT2D eigenvalue weighted by atomic mass is 9.88. The Morgan fingerprint density at radius 3 is 2.54 bits per heavy atom. The quantitative estimate of drug-likeness (QED) is 0.310. The molecule has 8 heteroatoms. The van der Waals surface area contributed by atoms with Gasteiger partial charge in [-0.2, -0.15) is 0 Å². The van der Waals surface area contributed by atoms with Gasteiger partial charge in [-0.15, -0.1) is 10.2 Å². The largest absolute Gasteiger partial charge is 0.421 e. The second kappa shape index (κ2) is 13.6. The second-order valence-electron chi connectivity index (χ2n) is 9.83. The molecular formula is C27H36Cl2N4O2. The molecule has 2 rings (SSSR count). The summed E-state index contributed by atoms with van der Waals surface area (Å²) in [5.41, 5.74) is 8.21. The number of benzene rings is 1. The van der Waals surface area contributed by atoms with Crippen molar-refractivity contribution in [3.8, 4) is 0 Å². The third kappa shape index (κ3) is 10.4. The van der Waals surface area contributed by atoms with Gasteiger partial charge in [0.05, 0.1) is 6.04 Å². The van der Waals surface area contributed by atoms with Crippen molar-refractivity contribution in [1.82, 2.24) is 15.5 Å². The maximum absolute atomic E-state index is 12.8. The third-order valence-corrected chi connectivity index (χ3v) is 5.78. The molecule has 0 saturated carbocycles. The minimum Gasteiger partial charge on any atom is -0.421 e. The van der Waals surface area contributed by atoms with Crippen molar-refractivity contribution in [3.63, 3.8) is 0 Å². The van der Waals surface area contributed by atoms with Crippen molar-refractivity contribution in [1.29, 1.82) is 0 Å². The predicted molar refractivity (Wildman–Crippen MR) is 143 cm³/mol. The van der Waals surface area contributed by atoms with Crippen LogP contribution in [0.3, 0.4) is 0 Å². The molecule has 1 aromatic heterocycles. The van der Waals surface area contributed by atoms with Crippen LogP contribution in [0, 0.1) is 5.41 Å². The summed E-state index contributed by atoms with van der Waals surface area (Å²) in [4.78, 5) is 12.8. The fraction of sp³-hybridized carbons (Fsp3) is 0.444. The molecule has 0 saturated heterocycles. The van der Waals surface area contributed by atoms with Crippen LogP contribution >= 0.6 is 23.2 Å². The molecule has 6 nitrogen and oxygen atoms in total. The van der Waals surface area contributed by atoms with Gasteiger partial charge in [0.25, 0.3) is 0 Å². The molecule has 1 heterocycles. The zero-order chi connectivity index (χ0) is 26.0. The van der Waals surface area contributed by atoms with E-state index in [0.717, 1.165) is 11.1 Å². The number of nitrogens with two attached hydrogens (primary N) is 1. The van der Waals surface area contributed by atoms with Crippen LogP contribution < -0.4 is 11.1 Å². The van der Waals surface area contributed by atoms with Crippen molar-refractivity contribution >= 4 is 29.1 Å². The monoisotopic (exact) mass is 518 g/mol. The Balaban J connectivity index is 2.07. The number of rotatable bonds is 11. The number of aromatic nitrogens is 2. The average molecular weight is 520 g/mol. The van der Waals surface area contributed by atoms with Gasteiger partial charge in [-0.05, 0) is 56.2 Å². The first-order chi connectivity index (χ1) is 16.5. The molecule has 0 bridgehead atoms. The van der Waals surface area contributed by atoms with Crippen LogP contribution in [0.25, 0.3) is 0 Å². The molecule has 2 aromatic rings. The molecule has 0 aliphatic rings. The van der Waals surface area contributed by atoms with Gasteiger partial charge in [0.15, 0.2) is 0 Å². The summed E-state index contributed by atoms with van der Waals surface area (Å²) >= 11 is 12.2. The molecule has 0 aliphatic heterocycles. The highest BCUT2D eigenvalue weighted by atomic mass is 35.5. The number of carbonyl (C=O) groups excluding carboxylic acids is 1. The lowest BCUT2D eigenvalue weighted by molar-refractivity contribution is -0.122. The summed E-state index contributed by atoms with van der Waals surface area (Å²) in [6.07, 6.45) is 11.8. The van der Waals surface area contributed by atoms with Crippen LogP contribution in [0.15, 0.2) is 58.6 Å². The van der Waals surface area contributed by atoms with Crippen LogP contribution in [-0.2, 0) is 11.2 Å². The Morgan fingerprint density at radius 1 is 1.17 bits per heavy atom. The Labute approximate surface area is 218 Å². The summed E-state index contributed by atoms with van der Waals surface area (Å²) in [5.74, 6) is 0.588. The first kappa shape index (κ1) is 28.8. The van der Waals surface area contributed by atoms with Crippen LogP contribution in [0.5, 0.6) is 0 Å². The fourth-order valence-corrected chi connectivity index (χ4v) is 3.99. The maximum Gasteiger partial charge on any atom is 0.238 e. The highest BCUT2D eigenvalue weighted by Gasteiger charge is 2.27. The van der Waals surface area contributed by atoms with Crippen molar-refractivity contribution in [2.24, 2.45) is 11.1 Å². The molecule has 0 fully saturated rings. The Bertz CT molecular complexity index is 1070. The zero-order valence-corrected chi connectivity index (χ0v) is 22.7. The van der Waals surface area contributed by atoms with Crippen LogP contribution in [0.4, 0.5) is 0 Å². The van der Waals surface area contributed by atoms with Gasteiger partial charge >= 0.3 is 0 Å². The van der Waals surface area contributed by atoms with E-state index >= 15 is 0 Å². The van der Waals surface area contributed by atoms with Gasteiger partial charge in [-0.25, -0.2) is 0 Å². The number of aryl methyl sites for hydroxylation is 1. The van der Waals surface area contributed by atoms with Gasteiger partial charge in [-0.3, -0.25) is 4.79 Å². The highest BCUT2D eigenvalue weighted by Crippen LogP contribution is 2.30. The molecule has 1 unspecified atom stereocenters. The molecule has 2 atom stereocenters. The number of halogens is 2. The number of amides is 1. The first-order valence-electron chi connectivity index (χ1n) is 11.8. The molecule has 0 aliphatic carbocycles. The molecule has 0 radical (unpaired) electrons. The van der Waals surface area contributed by atoms with E-state index in [4.69, 9.17) is 33.4 Å². The maximum atomic E-state index is 12.8. The smallest absolute Gasteiger partial charge is 0.238 e. The number of nitrogens with zero attached hydrogens (tertiary/aromatic N) is 2. The van der Waals surface area contributed by atoms with Gasteiger partial charge < -0.3 is 15.5 Å². The normalized spacial score (nSPS) is 14.6. The van der Waals surface area contributed by atoms with E-state index in [1.807, 2.05) is 50.3 Å². The van der Waals surface area contributed by atoms with E-state index in [1.165, 1.54) is 0 Å². The first-order valence-corrected chi connectivity index (χ1v) is 12.5. The van der Waals surface area contributed by atoms with Crippen LogP contribution in [0.1, 0.15) is 83.3 Å². The number of hydrogen-bond donors (Lipinski definition) is 2. The standard InChI is InChI=1S/C27H36Cl2N4O2/c1-6-7-8-9-10-18(2)15-22(30)25-32-33-26(35-25)23(17-27(3,4)5)31-24(34)14-12-19-11-13-20(28)16-21(19)29/h6-11,13,16,22-23H,12,14-15,17,30H2,1-5H3,(H,31,34)/b7-6-,9-8-,18-10+/t22-,23?/m1/s1.